The number of aryl methyl sites for hydroxylation is 3. The number of halogens is 1. The Labute approximate surface area is 258 Å². The van der Waals surface area contributed by atoms with Gasteiger partial charge in [0.05, 0.1) is 38.9 Å². The smallest absolute Gasteiger partial charge is 0.337 e. The monoisotopic (exact) mass is 610 g/mol. The second kappa shape index (κ2) is 10.9. The highest BCUT2D eigenvalue weighted by Crippen LogP contribution is 2.44. The Hall–Kier alpha value is -4.11. The van der Waals surface area contributed by atoms with Crippen LogP contribution in [-0.4, -0.2) is 36.4 Å². The number of ether oxygens (including phenoxy) is 1. The summed E-state index contributed by atoms with van der Waals surface area (Å²) in [6.45, 7) is 9.53. The minimum absolute atomic E-state index is 0.598. The van der Waals surface area contributed by atoms with Crippen LogP contribution in [0.15, 0.2) is 66.9 Å². The zero-order valence-corrected chi connectivity index (χ0v) is 26.3. The van der Waals surface area contributed by atoms with Crippen molar-refractivity contribution in [3.05, 3.63) is 88.6 Å². The molecular formula is C34H31ClN4O3S. The molecule has 6 rings (SSSR count). The summed E-state index contributed by atoms with van der Waals surface area (Å²) in [5.74, 6) is -1.05. The Kier molecular flexibility index (Phi) is 7.32. The largest absolute Gasteiger partial charge is 0.479 e. The number of nitrogens with zero attached hydrogens (tertiary/aromatic N) is 4. The maximum atomic E-state index is 12.6. The van der Waals surface area contributed by atoms with Crippen LogP contribution in [0, 0.1) is 13.8 Å². The van der Waals surface area contributed by atoms with Crippen molar-refractivity contribution in [3.63, 3.8) is 0 Å². The fraction of sp³-hybridized carbons (Fsp3) is 0.235. The van der Waals surface area contributed by atoms with Crippen molar-refractivity contribution in [2.75, 3.05) is 0 Å². The number of hydrogen-bond donors (Lipinski definition) is 1. The van der Waals surface area contributed by atoms with Gasteiger partial charge in [0, 0.05) is 34.1 Å². The van der Waals surface area contributed by atoms with Gasteiger partial charge in [-0.3, -0.25) is 4.68 Å². The molecule has 3 heterocycles. The summed E-state index contributed by atoms with van der Waals surface area (Å²) in [7, 11) is 1.93. The number of pyridine rings is 1. The summed E-state index contributed by atoms with van der Waals surface area (Å²) in [5.41, 5.74) is 7.84. The fourth-order valence-electron chi connectivity index (χ4n) is 5.40. The molecule has 0 saturated heterocycles. The molecule has 7 nitrogen and oxygen atoms in total. The molecule has 3 aromatic carbocycles. The zero-order chi connectivity index (χ0) is 30.6. The lowest BCUT2D eigenvalue weighted by Crippen LogP contribution is -2.28. The highest BCUT2D eigenvalue weighted by Gasteiger charge is 2.32. The molecule has 0 spiro atoms. The normalized spacial score (nSPS) is 12.7. The average molecular weight is 611 g/mol. The highest BCUT2D eigenvalue weighted by molar-refractivity contribution is 7.22. The van der Waals surface area contributed by atoms with E-state index in [-0.39, 0.29) is 0 Å². The molecule has 0 fully saturated rings. The molecule has 0 amide bonds. The van der Waals surface area contributed by atoms with Gasteiger partial charge in [0.2, 0.25) is 0 Å². The lowest BCUT2D eigenvalue weighted by atomic mass is 9.91. The average Bonchev–Trinajstić information content (AvgIpc) is 3.54. The number of hydrogen-bond acceptors (Lipinski definition) is 6. The Morgan fingerprint density at radius 2 is 1.70 bits per heavy atom. The molecule has 0 unspecified atom stereocenters. The van der Waals surface area contributed by atoms with Crippen molar-refractivity contribution >= 4 is 50.0 Å². The summed E-state index contributed by atoms with van der Waals surface area (Å²) >= 11 is 7.74. The minimum atomic E-state index is -1.17. The first-order chi connectivity index (χ1) is 20.4. The fourth-order valence-corrected chi connectivity index (χ4v) is 6.62. The molecule has 0 radical (unpaired) electrons. The third kappa shape index (κ3) is 5.54. The van der Waals surface area contributed by atoms with Crippen molar-refractivity contribution in [2.45, 2.75) is 46.3 Å². The molecule has 0 saturated carbocycles. The first-order valence-corrected chi connectivity index (χ1v) is 15.1. The van der Waals surface area contributed by atoms with E-state index < -0.39 is 17.7 Å². The van der Waals surface area contributed by atoms with Gasteiger partial charge in [0.1, 0.15) is 5.01 Å². The number of aromatic nitrogens is 4. The van der Waals surface area contributed by atoms with Crippen molar-refractivity contribution in [3.8, 4) is 33.1 Å². The van der Waals surface area contributed by atoms with Gasteiger partial charge in [0.15, 0.2) is 6.10 Å². The van der Waals surface area contributed by atoms with E-state index in [0.29, 0.717) is 10.6 Å². The number of carboxylic acid groups (broad SMARTS) is 1. The summed E-state index contributed by atoms with van der Waals surface area (Å²) in [6.07, 6.45) is 0.685. The first kappa shape index (κ1) is 29.0. The highest BCUT2D eigenvalue weighted by atomic mass is 35.5. The number of carboxylic acids is 1. The third-order valence-corrected chi connectivity index (χ3v) is 8.72. The topological polar surface area (TPSA) is 90.1 Å². The van der Waals surface area contributed by atoms with Crippen LogP contribution in [0.4, 0.5) is 0 Å². The molecule has 0 aliphatic carbocycles. The number of carbonyl (C=O) groups is 1. The molecule has 0 aliphatic heterocycles. The third-order valence-electron chi connectivity index (χ3n) is 7.35. The second-order valence-electron chi connectivity index (χ2n) is 11.7. The van der Waals surface area contributed by atoms with E-state index in [1.807, 2.05) is 88.9 Å². The molecule has 3 aromatic heterocycles. The maximum absolute atomic E-state index is 12.6. The summed E-state index contributed by atoms with van der Waals surface area (Å²) in [4.78, 5) is 22.7. The van der Waals surface area contributed by atoms with Crippen molar-refractivity contribution in [2.24, 2.45) is 7.05 Å². The van der Waals surface area contributed by atoms with Crippen molar-refractivity contribution in [1.82, 2.24) is 19.7 Å². The van der Waals surface area contributed by atoms with Crippen LogP contribution >= 0.6 is 22.9 Å². The second-order valence-corrected chi connectivity index (χ2v) is 13.1. The van der Waals surface area contributed by atoms with Crippen LogP contribution in [0.1, 0.15) is 43.6 Å². The lowest BCUT2D eigenvalue weighted by Gasteiger charge is -2.28. The Morgan fingerprint density at radius 3 is 2.40 bits per heavy atom. The Morgan fingerprint density at radius 1 is 0.977 bits per heavy atom. The molecule has 9 heteroatoms. The molecule has 0 aliphatic rings. The van der Waals surface area contributed by atoms with Crippen LogP contribution in [0.3, 0.4) is 0 Å². The van der Waals surface area contributed by atoms with Crippen LogP contribution in [0.25, 0.3) is 54.2 Å². The van der Waals surface area contributed by atoms with Gasteiger partial charge in [-0.2, -0.15) is 5.10 Å². The van der Waals surface area contributed by atoms with E-state index in [0.717, 1.165) is 65.3 Å². The zero-order valence-electron chi connectivity index (χ0n) is 24.8. The number of aliphatic carboxylic acids is 1. The van der Waals surface area contributed by atoms with E-state index >= 15 is 0 Å². The number of thiazole rings is 1. The van der Waals surface area contributed by atoms with Gasteiger partial charge in [-0.15, -0.1) is 11.3 Å². The van der Waals surface area contributed by atoms with E-state index in [1.54, 1.807) is 0 Å². The molecule has 1 N–H and O–H groups in total. The molecule has 1 atom stereocenters. The Bertz CT molecular complexity index is 2020. The van der Waals surface area contributed by atoms with E-state index in [4.69, 9.17) is 26.3 Å². The van der Waals surface area contributed by atoms with E-state index in [2.05, 4.69) is 29.4 Å². The summed E-state index contributed by atoms with van der Waals surface area (Å²) in [6, 6.07) is 19.7. The minimum Gasteiger partial charge on any atom is -0.479 e. The molecule has 43 heavy (non-hydrogen) atoms. The Balaban J connectivity index is 1.55. The summed E-state index contributed by atoms with van der Waals surface area (Å²) in [5, 5.41) is 17.1. The van der Waals surface area contributed by atoms with Crippen LogP contribution < -0.4 is 0 Å². The van der Waals surface area contributed by atoms with Gasteiger partial charge in [-0.1, -0.05) is 35.9 Å². The van der Waals surface area contributed by atoms with Gasteiger partial charge in [-0.05, 0) is 87.7 Å². The van der Waals surface area contributed by atoms with Crippen molar-refractivity contribution in [1.29, 1.82) is 0 Å². The molecular weight excluding hydrogens is 580 g/mol. The van der Waals surface area contributed by atoms with Crippen LogP contribution in [0.2, 0.25) is 5.02 Å². The first-order valence-electron chi connectivity index (χ1n) is 13.9. The molecule has 0 bridgehead atoms. The number of fused-ring (bicyclic) bond motifs is 2. The van der Waals surface area contributed by atoms with Gasteiger partial charge in [-0.25, -0.2) is 14.8 Å². The van der Waals surface area contributed by atoms with Crippen LogP contribution in [-0.2, 0) is 16.6 Å². The number of benzene rings is 3. The van der Waals surface area contributed by atoms with Gasteiger partial charge < -0.3 is 9.84 Å². The van der Waals surface area contributed by atoms with Gasteiger partial charge >= 0.3 is 5.97 Å². The SMILES string of the molecule is Cc1ccc(-c2nc3cc(C)c([C@H](OC(C)(C)C)C(=O)O)c(-c4ccc(Cl)cc4)c3s2)nc1-c1ccc2c(cnn2C)c1. The van der Waals surface area contributed by atoms with E-state index in [9.17, 15) is 9.90 Å². The molecule has 218 valence electrons. The predicted octanol–water partition coefficient (Wildman–Crippen LogP) is 8.79. The maximum Gasteiger partial charge on any atom is 0.337 e. The standard InChI is InChI=1S/C34H31ClN4O3S/c1-18-7-13-24(37-29(18)21-10-14-26-22(16-21)17-36-39(26)6)32-38-25-15-19(2)27(30(33(40)41)42-34(3,4)5)28(31(25)43-32)20-8-11-23(35)12-9-20/h7-17,30H,1-6H3,(H,40,41)/t30-/m0/s1. The molecule has 6 aromatic rings. The summed E-state index contributed by atoms with van der Waals surface area (Å²) < 4.78 is 8.86. The quantitative estimate of drug-likeness (QED) is 0.203. The predicted molar refractivity (Wildman–Crippen MR) is 174 cm³/mol. The van der Waals surface area contributed by atoms with E-state index in [1.165, 1.54) is 11.3 Å². The lowest BCUT2D eigenvalue weighted by molar-refractivity contribution is -0.160. The van der Waals surface area contributed by atoms with Crippen molar-refractivity contribution < 1.29 is 14.6 Å². The van der Waals surface area contributed by atoms with Gasteiger partial charge in [0.25, 0.3) is 0 Å². The number of rotatable bonds is 6. The van der Waals surface area contributed by atoms with Crippen LogP contribution in [0.5, 0.6) is 0 Å².